The summed E-state index contributed by atoms with van der Waals surface area (Å²) in [4.78, 5) is 26.3. The van der Waals surface area contributed by atoms with E-state index >= 15 is 0 Å². The largest absolute Gasteiger partial charge is 0.493 e. The van der Waals surface area contributed by atoms with Crippen LogP contribution in [0.4, 0.5) is 0 Å². The van der Waals surface area contributed by atoms with Gasteiger partial charge in [0, 0.05) is 45.4 Å². The molecule has 1 saturated heterocycles. The van der Waals surface area contributed by atoms with Crippen molar-refractivity contribution in [3.63, 3.8) is 0 Å². The minimum atomic E-state index is -0.587. The zero-order chi connectivity index (χ0) is 21.6. The van der Waals surface area contributed by atoms with Crippen molar-refractivity contribution in [2.45, 2.75) is 57.1 Å². The number of hydrogen-bond donors (Lipinski definition) is 0. The van der Waals surface area contributed by atoms with Gasteiger partial charge in [0.05, 0.1) is 14.2 Å². The predicted molar refractivity (Wildman–Crippen MR) is 106 cm³/mol. The van der Waals surface area contributed by atoms with Crippen molar-refractivity contribution >= 4 is 11.9 Å². The Morgan fingerprint density at radius 2 is 1.57 bits per heavy atom. The first-order valence-electron chi connectivity index (χ1n) is 10.3. The van der Waals surface area contributed by atoms with Gasteiger partial charge in [-0.1, -0.05) is 0 Å². The highest BCUT2D eigenvalue weighted by atomic mass is 16.6. The molecule has 164 valence electrons. The van der Waals surface area contributed by atoms with E-state index < -0.39 is 18.3 Å². The summed E-state index contributed by atoms with van der Waals surface area (Å²) >= 11 is 0. The summed E-state index contributed by atoms with van der Waals surface area (Å²) < 4.78 is 28.4. The van der Waals surface area contributed by atoms with Crippen molar-refractivity contribution in [2.75, 3.05) is 27.9 Å². The van der Waals surface area contributed by atoms with Crippen molar-refractivity contribution in [3.8, 4) is 11.5 Å². The molecule has 0 radical (unpaired) electrons. The number of hydrogen-bond acceptors (Lipinski definition) is 8. The van der Waals surface area contributed by atoms with Gasteiger partial charge in [0.1, 0.15) is 18.3 Å². The van der Waals surface area contributed by atoms with E-state index in [-0.39, 0.29) is 29.8 Å². The van der Waals surface area contributed by atoms with Crippen LogP contribution in [0.3, 0.4) is 0 Å². The normalized spacial score (nSPS) is 32.0. The minimum absolute atomic E-state index is 0.0794. The van der Waals surface area contributed by atoms with Crippen LogP contribution in [0.5, 0.6) is 11.5 Å². The molecule has 2 heterocycles. The van der Waals surface area contributed by atoms with Crippen molar-refractivity contribution in [2.24, 2.45) is 5.92 Å². The Labute approximate surface area is 176 Å². The lowest BCUT2D eigenvalue weighted by molar-refractivity contribution is -0.196. The lowest BCUT2D eigenvalue weighted by Crippen LogP contribution is -2.62. The molecule has 3 aliphatic rings. The second kappa shape index (κ2) is 8.07. The second-order valence-corrected chi connectivity index (χ2v) is 8.19. The van der Waals surface area contributed by atoms with Crippen LogP contribution in [-0.4, -0.2) is 69.1 Å². The van der Waals surface area contributed by atoms with Crippen LogP contribution < -0.4 is 9.47 Å². The third-order valence-electron chi connectivity index (χ3n) is 6.66. The van der Waals surface area contributed by atoms with E-state index in [1.54, 1.807) is 21.3 Å². The Balaban J connectivity index is 1.86. The zero-order valence-corrected chi connectivity index (χ0v) is 18.0. The Hall–Kier alpha value is -2.32. The first-order chi connectivity index (χ1) is 14.4. The molecule has 8 heteroatoms. The Morgan fingerprint density at radius 1 is 0.933 bits per heavy atom. The van der Waals surface area contributed by atoms with Gasteiger partial charge < -0.3 is 23.7 Å². The van der Waals surface area contributed by atoms with Gasteiger partial charge in [0.25, 0.3) is 0 Å². The molecule has 1 aromatic rings. The fourth-order valence-electron chi connectivity index (χ4n) is 5.68. The summed E-state index contributed by atoms with van der Waals surface area (Å²) in [6, 6.07) is 4.07. The highest BCUT2D eigenvalue weighted by molar-refractivity contribution is 5.67. The van der Waals surface area contributed by atoms with Crippen LogP contribution in [0, 0.1) is 5.92 Å². The van der Waals surface area contributed by atoms with Crippen LogP contribution in [-0.2, 0) is 30.3 Å². The summed E-state index contributed by atoms with van der Waals surface area (Å²) in [6.45, 7) is 4.43. The predicted octanol–water partition coefficient (Wildman–Crippen LogP) is 1.88. The SMILES string of the molecule is COc1cc2c(cc1OC)[C@@H]1C(OC(C)=O)C(OC)C(OC(C)=O)[C@H]3CCN(C2)[C@H]31. The molecule has 4 rings (SSSR count). The summed E-state index contributed by atoms with van der Waals surface area (Å²) in [7, 11) is 4.80. The molecule has 0 aromatic heterocycles. The van der Waals surface area contributed by atoms with Crippen molar-refractivity contribution < 1.29 is 33.3 Å². The highest BCUT2D eigenvalue weighted by Gasteiger charge is 2.60. The van der Waals surface area contributed by atoms with Crippen LogP contribution >= 0.6 is 0 Å². The molecular formula is C22H29NO7. The van der Waals surface area contributed by atoms with Gasteiger partial charge in [0.15, 0.2) is 11.5 Å². The Morgan fingerprint density at radius 3 is 2.17 bits per heavy atom. The fourth-order valence-corrected chi connectivity index (χ4v) is 5.68. The number of carbonyl (C=O) groups is 2. The topological polar surface area (TPSA) is 83.5 Å². The average Bonchev–Trinajstić information content (AvgIpc) is 3.12. The third-order valence-corrected chi connectivity index (χ3v) is 6.66. The quantitative estimate of drug-likeness (QED) is 0.669. The van der Waals surface area contributed by atoms with Gasteiger partial charge in [-0.3, -0.25) is 14.5 Å². The smallest absolute Gasteiger partial charge is 0.303 e. The number of ether oxygens (including phenoxy) is 5. The molecule has 1 aliphatic carbocycles. The van der Waals surface area contributed by atoms with E-state index in [0.29, 0.717) is 11.5 Å². The first kappa shape index (κ1) is 20.9. The van der Waals surface area contributed by atoms with E-state index in [0.717, 1.165) is 30.6 Å². The van der Waals surface area contributed by atoms with E-state index in [1.807, 2.05) is 12.1 Å². The molecule has 1 saturated carbocycles. The number of methoxy groups -OCH3 is 3. The maximum absolute atomic E-state index is 12.0. The molecule has 2 aliphatic heterocycles. The Kier molecular flexibility index (Phi) is 5.63. The molecule has 0 spiro atoms. The van der Waals surface area contributed by atoms with Crippen molar-refractivity contribution in [1.82, 2.24) is 4.90 Å². The molecule has 8 nitrogen and oxygen atoms in total. The minimum Gasteiger partial charge on any atom is -0.493 e. The lowest BCUT2D eigenvalue weighted by Gasteiger charge is -2.52. The summed E-state index contributed by atoms with van der Waals surface area (Å²) in [5.74, 6) is 0.532. The summed E-state index contributed by atoms with van der Waals surface area (Å²) in [5.41, 5.74) is 2.18. The standard InChI is InChI=1S/C22H29NO7/c1-11(24)29-20-14-6-7-23-10-13-8-16(26-3)17(27-4)9-15(13)18(19(14)23)21(22(20)28-5)30-12(2)25/h8-9,14,18-22H,6-7,10H2,1-5H3/t14-,18-,19+,20?,21?,22?/m0/s1. The molecule has 30 heavy (non-hydrogen) atoms. The maximum atomic E-state index is 12.0. The second-order valence-electron chi connectivity index (χ2n) is 8.19. The molecule has 0 bridgehead atoms. The molecule has 3 unspecified atom stereocenters. The molecular weight excluding hydrogens is 390 g/mol. The number of carbonyl (C=O) groups excluding carboxylic acids is 2. The highest BCUT2D eigenvalue weighted by Crippen LogP contribution is 2.52. The first-order valence-corrected chi connectivity index (χ1v) is 10.3. The van der Waals surface area contributed by atoms with Gasteiger partial charge in [0.2, 0.25) is 0 Å². The van der Waals surface area contributed by atoms with E-state index in [4.69, 9.17) is 23.7 Å². The molecule has 0 amide bonds. The van der Waals surface area contributed by atoms with Gasteiger partial charge in [-0.05, 0) is 36.2 Å². The molecule has 2 fully saturated rings. The Bertz CT molecular complexity index is 841. The van der Waals surface area contributed by atoms with Gasteiger partial charge in [-0.2, -0.15) is 0 Å². The number of benzene rings is 1. The van der Waals surface area contributed by atoms with Crippen LogP contribution in [0.15, 0.2) is 12.1 Å². The van der Waals surface area contributed by atoms with Crippen molar-refractivity contribution in [1.29, 1.82) is 0 Å². The molecule has 1 aromatic carbocycles. The van der Waals surface area contributed by atoms with Gasteiger partial charge in [-0.25, -0.2) is 0 Å². The van der Waals surface area contributed by atoms with Crippen LogP contribution in [0.2, 0.25) is 0 Å². The monoisotopic (exact) mass is 419 g/mol. The maximum Gasteiger partial charge on any atom is 0.303 e. The molecule has 0 N–H and O–H groups in total. The fraction of sp³-hybridized carbons (Fsp3) is 0.636. The van der Waals surface area contributed by atoms with Crippen LogP contribution in [0.1, 0.15) is 37.3 Å². The number of nitrogens with zero attached hydrogens (tertiary/aromatic N) is 1. The van der Waals surface area contributed by atoms with E-state index in [9.17, 15) is 9.59 Å². The number of esters is 2. The summed E-state index contributed by atoms with van der Waals surface area (Å²) in [6.07, 6.45) is -0.725. The zero-order valence-electron chi connectivity index (χ0n) is 18.0. The van der Waals surface area contributed by atoms with Gasteiger partial charge in [-0.15, -0.1) is 0 Å². The molecule has 6 atom stereocenters. The van der Waals surface area contributed by atoms with Crippen LogP contribution in [0.25, 0.3) is 0 Å². The van der Waals surface area contributed by atoms with Crippen molar-refractivity contribution in [3.05, 3.63) is 23.3 Å². The lowest BCUT2D eigenvalue weighted by atomic mass is 9.67. The average molecular weight is 419 g/mol. The number of fused-ring (bicyclic) bond motifs is 2. The van der Waals surface area contributed by atoms with E-state index in [2.05, 4.69) is 4.90 Å². The summed E-state index contributed by atoms with van der Waals surface area (Å²) in [5, 5.41) is 0. The van der Waals surface area contributed by atoms with Gasteiger partial charge >= 0.3 is 11.9 Å². The number of rotatable bonds is 5. The third kappa shape index (κ3) is 3.32. The van der Waals surface area contributed by atoms with E-state index in [1.165, 1.54) is 13.8 Å².